The van der Waals surface area contributed by atoms with Crippen molar-refractivity contribution in [2.45, 2.75) is 13.3 Å². The van der Waals surface area contributed by atoms with E-state index in [9.17, 15) is 26.9 Å². The molecule has 0 aliphatic carbocycles. The second-order valence-corrected chi connectivity index (χ2v) is 6.15. The maximum atomic E-state index is 14.8. The van der Waals surface area contributed by atoms with Gasteiger partial charge in [-0.15, -0.1) is 13.2 Å². The van der Waals surface area contributed by atoms with Crippen LogP contribution >= 0.6 is 0 Å². The van der Waals surface area contributed by atoms with Gasteiger partial charge >= 0.3 is 12.5 Å². The van der Waals surface area contributed by atoms with E-state index in [0.717, 1.165) is 0 Å². The quantitative estimate of drug-likeness (QED) is 0.464. The van der Waals surface area contributed by atoms with Crippen LogP contribution in [0.5, 0.6) is 5.75 Å². The number of aromatic nitrogens is 4. The largest absolute Gasteiger partial charge is 0.573 e. The number of pyridine rings is 1. The first-order valence-electron chi connectivity index (χ1n) is 8.17. The molecule has 1 amide bonds. The van der Waals surface area contributed by atoms with Gasteiger partial charge in [0.25, 0.3) is 0 Å². The second kappa shape index (κ2) is 6.86. The Morgan fingerprint density at radius 3 is 2.73 bits per heavy atom. The van der Waals surface area contributed by atoms with Crippen molar-refractivity contribution >= 4 is 28.5 Å². The molecule has 8 nitrogen and oxygen atoms in total. The lowest BCUT2D eigenvalue weighted by Gasteiger charge is -2.15. The van der Waals surface area contributed by atoms with Gasteiger partial charge in [0.1, 0.15) is 11.2 Å². The van der Waals surface area contributed by atoms with Gasteiger partial charge < -0.3 is 9.14 Å². The van der Waals surface area contributed by atoms with Crippen LogP contribution in [0.3, 0.4) is 0 Å². The molecular formula is C17H10F5N5O3. The minimum atomic E-state index is -5.09. The Balaban J connectivity index is 1.86. The lowest BCUT2D eigenvalue weighted by atomic mass is 9.97. The van der Waals surface area contributed by atoms with Crippen LogP contribution in [0.15, 0.2) is 30.7 Å². The fraction of sp³-hybridized carbons (Fsp3) is 0.118. The van der Waals surface area contributed by atoms with Gasteiger partial charge in [-0.3, -0.25) is 10.4 Å². The normalized spacial score (nSPS) is 11.8. The molecule has 0 aliphatic rings. The van der Waals surface area contributed by atoms with Gasteiger partial charge in [-0.05, 0) is 30.2 Å². The Morgan fingerprint density at radius 1 is 1.27 bits per heavy atom. The number of halogens is 5. The maximum Gasteiger partial charge on any atom is 0.573 e. The van der Waals surface area contributed by atoms with E-state index in [1.54, 1.807) is 6.07 Å². The number of carbonyl (C=O) groups excluding carboxylic acids is 1. The number of fused-ring (bicyclic) bond motifs is 2. The van der Waals surface area contributed by atoms with Crippen LogP contribution in [0, 0.1) is 12.7 Å². The molecule has 4 rings (SSSR count). The van der Waals surface area contributed by atoms with Crippen LogP contribution < -0.4 is 10.1 Å². The van der Waals surface area contributed by atoms with E-state index in [2.05, 4.69) is 24.9 Å². The third kappa shape index (κ3) is 3.33. The maximum absolute atomic E-state index is 14.8. The molecule has 0 spiro atoms. The van der Waals surface area contributed by atoms with E-state index in [1.165, 1.54) is 36.0 Å². The molecule has 156 valence electrons. The van der Waals surface area contributed by atoms with Crippen LogP contribution in [0.1, 0.15) is 5.56 Å². The van der Waals surface area contributed by atoms with E-state index in [0.29, 0.717) is 11.2 Å². The van der Waals surface area contributed by atoms with Crippen molar-refractivity contribution in [1.82, 2.24) is 19.6 Å². The molecule has 2 N–H and O–H groups in total. The molecule has 0 unspecified atom stereocenters. The van der Waals surface area contributed by atoms with E-state index in [4.69, 9.17) is 0 Å². The van der Waals surface area contributed by atoms with Gasteiger partial charge in [-0.1, -0.05) is 0 Å². The number of hydrogen-bond donors (Lipinski definition) is 2. The van der Waals surface area contributed by atoms with Crippen LogP contribution in [0.25, 0.3) is 27.7 Å². The minimum absolute atomic E-state index is 0.0138. The zero-order valence-corrected chi connectivity index (χ0v) is 14.8. The molecule has 0 atom stereocenters. The number of carbonyl (C=O) groups is 1. The van der Waals surface area contributed by atoms with Crippen molar-refractivity contribution < 1.29 is 36.6 Å². The fourth-order valence-corrected chi connectivity index (χ4v) is 3.15. The molecule has 0 fully saturated rings. The third-order valence-electron chi connectivity index (χ3n) is 4.30. The first-order chi connectivity index (χ1) is 14.2. The fourth-order valence-electron chi connectivity index (χ4n) is 3.15. The summed E-state index contributed by atoms with van der Waals surface area (Å²) in [6.07, 6.45) is -2.35. The van der Waals surface area contributed by atoms with Crippen LogP contribution in [-0.4, -0.2) is 32.0 Å². The van der Waals surface area contributed by atoms with Gasteiger partial charge in [-0.25, -0.2) is 19.1 Å². The summed E-state index contributed by atoms with van der Waals surface area (Å²) in [7, 11) is 0. The van der Waals surface area contributed by atoms with E-state index in [-0.39, 0.29) is 27.8 Å². The Labute approximate surface area is 163 Å². The lowest BCUT2D eigenvalue weighted by Crippen LogP contribution is -2.18. The van der Waals surface area contributed by atoms with Crippen molar-refractivity contribution in [3.8, 4) is 16.9 Å². The highest BCUT2D eigenvalue weighted by molar-refractivity contribution is 5.99. The molecule has 1 aromatic carbocycles. The first kappa shape index (κ1) is 19.4. The molecule has 4 aromatic rings. The summed E-state index contributed by atoms with van der Waals surface area (Å²) in [6, 6.07) is 3.07. The number of nitrogens with zero attached hydrogens (tertiary/aromatic N) is 3. The summed E-state index contributed by atoms with van der Waals surface area (Å²) in [5.74, 6) is -2.21. The van der Waals surface area contributed by atoms with Crippen molar-refractivity contribution in [2.75, 3.05) is 5.32 Å². The molecule has 0 radical (unpaired) electrons. The number of aromatic amines is 1. The summed E-state index contributed by atoms with van der Waals surface area (Å²) >= 11 is 0. The molecule has 0 aliphatic heterocycles. The number of nitrogens with one attached hydrogen (secondary N) is 2. The van der Waals surface area contributed by atoms with Gasteiger partial charge in [0.05, 0.1) is 12.4 Å². The highest BCUT2D eigenvalue weighted by Crippen LogP contribution is 2.41. The highest BCUT2D eigenvalue weighted by atomic mass is 19.4. The van der Waals surface area contributed by atoms with Crippen LogP contribution in [0.2, 0.25) is 0 Å². The number of hydrogen-bond acceptors (Lipinski definition) is 5. The van der Waals surface area contributed by atoms with Gasteiger partial charge in [0, 0.05) is 21.7 Å². The Kier molecular flexibility index (Phi) is 4.44. The van der Waals surface area contributed by atoms with Crippen molar-refractivity contribution in [2.24, 2.45) is 0 Å². The van der Waals surface area contributed by atoms with Crippen molar-refractivity contribution in [3.63, 3.8) is 0 Å². The molecule has 30 heavy (non-hydrogen) atoms. The average Bonchev–Trinajstić information content (AvgIpc) is 3.30. The topological polar surface area (TPSA) is 93.5 Å². The number of H-pyrrole nitrogens is 1. The van der Waals surface area contributed by atoms with Crippen molar-refractivity contribution in [3.05, 3.63) is 42.1 Å². The molecule has 0 saturated heterocycles. The first-order valence-corrected chi connectivity index (χ1v) is 8.17. The van der Waals surface area contributed by atoms with Gasteiger partial charge in [0.15, 0.2) is 17.4 Å². The number of rotatable bonds is 3. The second-order valence-electron chi connectivity index (χ2n) is 6.15. The van der Waals surface area contributed by atoms with E-state index < -0.39 is 24.0 Å². The summed E-state index contributed by atoms with van der Waals surface area (Å²) in [5, 5.41) is 8.29. The zero-order valence-electron chi connectivity index (χ0n) is 14.8. The molecule has 0 bridgehead atoms. The number of ether oxygens (including phenoxy) is 1. The number of amides is 1. The van der Waals surface area contributed by atoms with Crippen LogP contribution in [-0.2, 0) is 4.94 Å². The summed E-state index contributed by atoms with van der Waals surface area (Å²) in [4.78, 5) is 18.0. The van der Waals surface area contributed by atoms with Gasteiger partial charge in [-0.2, -0.15) is 5.10 Å². The lowest BCUT2D eigenvalue weighted by molar-refractivity contribution is -0.275. The minimum Gasteiger partial charge on any atom is -0.400 e. The Morgan fingerprint density at radius 2 is 2.03 bits per heavy atom. The highest BCUT2D eigenvalue weighted by Gasteiger charge is 2.35. The van der Waals surface area contributed by atoms with Crippen LogP contribution in [0.4, 0.5) is 32.7 Å². The third-order valence-corrected chi connectivity index (χ3v) is 4.30. The number of benzene rings is 1. The SMILES string of the molecule is Cc1c(F)c(OC(F)(F)F)c2[nH]ncc2c1-c1ccc2nc(NC(=O)OF)cn2c1. The average molecular weight is 427 g/mol. The van der Waals surface area contributed by atoms with Crippen molar-refractivity contribution in [1.29, 1.82) is 0 Å². The zero-order chi connectivity index (χ0) is 21.6. The molecule has 0 saturated carbocycles. The predicted molar refractivity (Wildman–Crippen MR) is 92.9 cm³/mol. The number of imidazole rings is 1. The summed E-state index contributed by atoms with van der Waals surface area (Å²) in [5.41, 5.74) is 0.692. The molecule has 3 aromatic heterocycles. The van der Waals surface area contributed by atoms with E-state index >= 15 is 0 Å². The van der Waals surface area contributed by atoms with E-state index in [1.807, 2.05) is 5.32 Å². The smallest absolute Gasteiger partial charge is 0.400 e. The molecular weight excluding hydrogens is 417 g/mol. The Hall–Kier alpha value is -3.90. The Bertz CT molecular complexity index is 1280. The monoisotopic (exact) mass is 427 g/mol. The standard InChI is InChI=1S/C17H10F5N5O3/c1-7-12(9-4-23-26-14(9)15(13(7)18)29-17(19,20)21)8-2-3-11-24-10(6-27(11)5-8)25-16(28)30-22/h2-6H,1H3,(H,23,26)(H,25,28). The number of anilines is 1. The number of alkyl halides is 3. The summed E-state index contributed by atoms with van der Waals surface area (Å²) < 4.78 is 70.1. The van der Waals surface area contributed by atoms with Gasteiger partial charge in [0.2, 0.25) is 0 Å². The molecule has 13 heteroatoms. The predicted octanol–water partition coefficient (Wildman–Crippen LogP) is 4.66. The summed E-state index contributed by atoms with van der Waals surface area (Å²) in [6.45, 7) is 1.31. The molecule has 3 heterocycles.